The molecule has 0 atom stereocenters. The number of halogens is 1. The van der Waals surface area contributed by atoms with Gasteiger partial charge >= 0.3 is 6.09 Å². The van der Waals surface area contributed by atoms with Crippen molar-refractivity contribution in [3.8, 4) is 12.1 Å². The van der Waals surface area contributed by atoms with E-state index in [1.807, 2.05) is 0 Å². The van der Waals surface area contributed by atoms with E-state index in [2.05, 4.69) is 10.6 Å². The van der Waals surface area contributed by atoms with Gasteiger partial charge in [-0.05, 0) is 39.0 Å². The molecule has 1 aromatic rings. The number of nitrogens with zero attached hydrogens (tertiary/aromatic N) is 2. The van der Waals surface area contributed by atoms with E-state index in [1.165, 1.54) is 12.1 Å². The standard InChI is InChI=1S/C15H15FN4O2/c1-15(2,3)22-14(21)20-13-5-4-11(6-12(13)16)19-9-10(7-17)8-18/h4-6,9,19H,1-3H3,(H,20,21). The quantitative estimate of drug-likeness (QED) is 0.832. The highest BCUT2D eigenvalue weighted by Gasteiger charge is 2.17. The number of carbonyl (C=O) groups is 1. The summed E-state index contributed by atoms with van der Waals surface area (Å²) in [6.07, 6.45) is 0.402. The van der Waals surface area contributed by atoms with Crippen LogP contribution in [-0.4, -0.2) is 11.7 Å². The van der Waals surface area contributed by atoms with Crippen molar-refractivity contribution in [3.63, 3.8) is 0 Å². The smallest absolute Gasteiger partial charge is 0.412 e. The van der Waals surface area contributed by atoms with Crippen LogP contribution in [0.2, 0.25) is 0 Å². The largest absolute Gasteiger partial charge is 0.444 e. The van der Waals surface area contributed by atoms with Crippen LogP contribution in [0.15, 0.2) is 30.0 Å². The van der Waals surface area contributed by atoms with Crippen LogP contribution in [0.5, 0.6) is 0 Å². The van der Waals surface area contributed by atoms with Crippen LogP contribution in [0.4, 0.5) is 20.6 Å². The number of nitrogens with one attached hydrogen (secondary N) is 2. The van der Waals surface area contributed by atoms with Crippen molar-refractivity contribution in [2.24, 2.45) is 0 Å². The first-order valence-corrected chi connectivity index (χ1v) is 6.31. The molecule has 22 heavy (non-hydrogen) atoms. The van der Waals surface area contributed by atoms with Crippen molar-refractivity contribution in [2.45, 2.75) is 26.4 Å². The van der Waals surface area contributed by atoms with Crippen LogP contribution in [-0.2, 0) is 4.74 Å². The maximum atomic E-state index is 13.9. The summed E-state index contributed by atoms with van der Waals surface area (Å²) < 4.78 is 18.9. The lowest BCUT2D eigenvalue weighted by Crippen LogP contribution is -2.27. The third kappa shape index (κ3) is 5.51. The molecule has 0 unspecified atom stereocenters. The van der Waals surface area contributed by atoms with Crippen LogP contribution in [0, 0.1) is 28.5 Å². The predicted molar refractivity (Wildman–Crippen MR) is 79.2 cm³/mol. The molecule has 0 bridgehead atoms. The molecule has 0 radical (unpaired) electrons. The molecule has 114 valence electrons. The number of benzene rings is 1. The molecule has 1 rings (SSSR count). The number of allylic oxidation sites excluding steroid dienone is 1. The summed E-state index contributed by atoms with van der Waals surface area (Å²) in [7, 11) is 0. The van der Waals surface area contributed by atoms with Crippen molar-refractivity contribution >= 4 is 17.5 Å². The second kappa shape index (κ2) is 7.09. The average Bonchev–Trinajstić information content (AvgIpc) is 2.40. The van der Waals surface area contributed by atoms with E-state index in [9.17, 15) is 9.18 Å². The van der Waals surface area contributed by atoms with Gasteiger partial charge in [0.1, 0.15) is 29.1 Å². The minimum Gasteiger partial charge on any atom is -0.444 e. The molecule has 0 fully saturated rings. The fraction of sp³-hybridized carbons (Fsp3) is 0.267. The van der Waals surface area contributed by atoms with Crippen LogP contribution in [0.1, 0.15) is 20.8 Å². The molecule has 0 heterocycles. The zero-order chi connectivity index (χ0) is 16.8. The Morgan fingerprint density at radius 1 is 1.32 bits per heavy atom. The van der Waals surface area contributed by atoms with E-state index >= 15 is 0 Å². The van der Waals surface area contributed by atoms with E-state index in [1.54, 1.807) is 32.9 Å². The maximum absolute atomic E-state index is 13.9. The van der Waals surface area contributed by atoms with Crippen LogP contribution in [0.25, 0.3) is 0 Å². The maximum Gasteiger partial charge on any atom is 0.412 e. The lowest BCUT2D eigenvalue weighted by Gasteiger charge is -2.19. The summed E-state index contributed by atoms with van der Waals surface area (Å²) in [4.78, 5) is 11.6. The molecular weight excluding hydrogens is 287 g/mol. The Bertz CT molecular complexity index is 662. The van der Waals surface area contributed by atoms with Gasteiger partial charge in [0.2, 0.25) is 0 Å². The topological polar surface area (TPSA) is 97.9 Å². The van der Waals surface area contributed by atoms with E-state index in [4.69, 9.17) is 15.3 Å². The average molecular weight is 302 g/mol. The normalized spacial score (nSPS) is 9.91. The van der Waals surface area contributed by atoms with Gasteiger partial charge in [-0.3, -0.25) is 5.32 Å². The molecule has 6 nitrogen and oxygen atoms in total. The van der Waals surface area contributed by atoms with Gasteiger partial charge < -0.3 is 10.1 Å². The van der Waals surface area contributed by atoms with Crippen LogP contribution >= 0.6 is 0 Å². The van der Waals surface area contributed by atoms with Crippen molar-refractivity contribution in [1.29, 1.82) is 10.5 Å². The fourth-order valence-corrected chi connectivity index (χ4v) is 1.36. The van der Waals surface area contributed by atoms with Gasteiger partial charge in [-0.15, -0.1) is 0 Å². The van der Waals surface area contributed by atoms with Gasteiger partial charge in [-0.2, -0.15) is 10.5 Å². The van der Waals surface area contributed by atoms with Crippen molar-refractivity contribution in [1.82, 2.24) is 0 Å². The van der Waals surface area contributed by atoms with Gasteiger partial charge in [-0.1, -0.05) is 0 Å². The number of amides is 1. The van der Waals surface area contributed by atoms with Gasteiger partial charge in [0.25, 0.3) is 0 Å². The molecule has 0 spiro atoms. The summed E-state index contributed by atoms with van der Waals surface area (Å²) in [5.41, 5.74) is -0.533. The first-order valence-electron chi connectivity index (χ1n) is 6.31. The van der Waals surface area contributed by atoms with Crippen molar-refractivity contribution < 1.29 is 13.9 Å². The lowest BCUT2D eigenvalue weighted by atomic mass is 10.2. The van der Waals surface area contributed by atoms with E-state index in [0.717, 1.165) is 12.3 Å². The van der Waals surface area contributed by atoms with E-state index in [-0.39, 0.29) is 11.3 Å². The van der Waals surface area contributed by atoms with E-state index in [0.29, 0.717) is 5.69 Å². The summed E-state index contributed by atoms with van der Waals surface area (Å²) in [6, 6.07) is 7.28. The molecule has 1 aromatic carbocycles. The predicted octanol–water partition coefficient (Wildman–Crippen LogP) is 3.52. The summed E-state index contributed by atoms with van der Waals surface area (Å²) >= 11 is 0. The Balaban J connectivity index is 2.79. The summed E-state index contributed by atoms with van der Waals surface area (Å²) in [5, 5.41) is 22.1. The Morgan fingerprint density at radius 2 is 1.95 bits per heavy atom. The number of nitriles is 2. The second-order valence-electron chi connectivity index (χ2n) is 5.25. The van der Waals surface area contributed by atoms with Crippen LogP contribution in [0.3, 0.4) is 0 Å². The summed E-state index contributed by atoms with van der Waals surface area (Å²) in [5.74, 6) is -0.681. The number of anilines is 2. The molecule has 7 heteroatoms. The SMILES string of the molecule is CC(C)(C)OC(=O)Nc1ccc(NC=C(C#N)C#N)cc1F. The molecule has 0 aliphatic carbocycles. The Morgan fingerprint density at radius 3 is 2.45 bits per heavy atom. The Labute approximate surface area is 127 Å². The van der Waals surface area contributed by atoms with Gasteiger partial charge in [0.15, 0.2) is 0 Å². The first kappa shape index (κ1) is 17.0. The zero-order valence-corrected chi connectivity index (χ0v) is 12.4. The molecule has 0 aromatic heterocycles. The molecular formula is C15H15FN4O2. The monoisotopic (exact) mass is 302 g/mol. The molecule has 0 saturated carbocycles. The van der Waals surface area contributed by atoms with Crippen molar-refractivity contribution in [3.05, 3.63) is 35.8 Å². The molecule has 2 N–H and O–H groups in total. The lowest BCUT2D eigenvalue weighted by molar-refractivity contribution is 0.0635. The molecule has 0 aliphatic rings. The number of rotatable bonds is 3. The Hall–Kier alpha value is -3.06. The Kier molecular flexibility index (Phi) is 5.48. The molecule has 1 amide bonds. The number of ether oxygens (including phenoxy) is 1. The summed E-state index contributed by atoms with van der Waals surface area (Å²) in [6.45, 7) is 5.10. The number of hydrogen-bond donors (Lipinski definition) is 2. The minimum atomic E-state index is -0.761. The molecule has 0 aliphatic heterocycles. The third-order valence-corrected chi connectivity index (χ3v) is 2.23. The highest BCUT2D eigenvalue weighted by molar-refractivity contribution is 5.85. The minimum absolute atomic E-state index is 0.0374. The van der Waals surface area contributed by atoms with Gasteiger partial charge in [0, 0.05) is 11.9 Å². The zero-order valence-electron chi connectivity index (χ0n) is 12.4. The number of hydrogen-bond acceptors (Lipinski definition) is 5. The third-order valence-electron chi connectivity index (χ3n) is 2.23. The molecule has 0 saturated heterocycles. The second-order valence-corrected chi connectivity index (χ2v) is 5.25. The van der Waals surface area contributed by atoms with Crippen molar-refractivity contribution in [2.75, 3.05) is 10.6 Å². The highest BCUT2D eigenvalue weighted by atomic mass is 19.1. The van der Waals surface area contributed by atoms with Gasteiger partial charge in [0.05, 0.1) is 5.69 Å². The van der Waals surface area contributed by atoms with Gasteiger partial charge in [-0.25, -0.2) is 9.18 Å². The van der Waals surface area contributed by atoms with E-state index < -0.39 is 17.5 Å². The highest BCUT2D eigenvalue weighted by Crippen LogP contribution is 2.20. The fourth-order valence-electron chi connectivity index (χ4n) is 1.36. The van der Waals surface area contributed by atoms with Crippen LogP contribution < -0.4 is 10.6 Å². The first-order chi connectivity index (χ1) is 10.2. The number of carbonyl (C=O) groups excluding carboxylic acids is 1.